The van der Waals surface area contributed by atoms with Crippen molar-refractivity contribution in [2.45, 2.75) is 0 Å². The first-order chi connectivity index (χ1) is 5.52. The molecule has 84 valence electrons. The number of hydrogen-bond acceptors (Lipinski definition) is 3. The van der Waals surface area contributed by atoms with E-state index in [-0.39, 0.29) is 20.4 Å². The quantitative estimate of drug-likeness (QED) is 0.636. The van der Waals surface area contributed by atoms with Crippen molar-refractivity contribution in [3.63, 3.8) is 0 Å². The molecule has 13 heavy (non-hydrogen) atoms. The van der Waals surface area contributed by atoms with Crippen LogP contribution in [0.4, 0.5) is 0 Å². The van der Waals surface area contributed by atoms with Gasteiger partial charge in [-0.15, -0.1) is 0 Å². The maximum atomic E-state index is 2.36. The number of likely N-dealkylation sites (N-methyl/N-ethyl adjacent to an activating group) is 3. The van der Waals surface area contributed by atoms with Crippen molar-refractivity contribution >= 4 is 0 Å². The van der Waals surface area contributed by atoms with E-state index in [9.17, 15) is 0 Å². The standard InChI is InChI=1S/C9H23N3.Pd/c1-10(2)6-8-12(5)9-7-11(3)4;/h6-9H2,1-5H3;. The van der Waals surface area contributed by atoms with Gasteiger partial charge in [0.25, 0.3) is 0 Å². The molecule has 0 rings (SSSR count). The van der Waals surface area contributed by atoms with E-state index in [1.807, 2.05) is 0 Å². The first-order valence-corrected chi connectivity index (χ1v) is 4.50. The van der Waals surface area contributed by atoms with Crippen LogP contribution in [0.25, 0.3) is 0 Å². The molecule has 0 heterocycles. The monoisotopic (exact) mass is 279 g/mol. The van der Waals surface area contributed by atoms with E-state index in [1.165, 1.54) is 0 Å². The minimum absolute atomic E-state index is 0. The van der Waals surface area contributed by atoms with Crippen LogP contribution < -0.4 is 0 Å². The van der Waals surface area contributed by atoms with Gasteiger partial charge in [0.2, 0.25) is 0 Å². The van der Waals surface area contributed by atoms with E-state index in [2.05, 4.69) is 49.9 Å². The SMILES string of the molecule is CN(C)CCN(C)CCN(C)C.[Pd]. The molecule has 0 bridgehead atoms. The molecule has 0 saturated heterocycles. The molecule has 0 fully saturated rings. The number of rotatable bonds is 6. The van der Waals surface area contributed by atoms with E-state index in [1.54, 1.807) is 0 Å². The van der Waals surface area contributed by atoms with Gasteiger partial charge < -0.3 is 14.7 Å². The third-order valence-corrected chi connectivity index (χ3v) is 1.86. The summed E-state index contributed by atoms with van der Waals surface area (Å²) in [6.45, 7) is 4.59. The largest absolute Gasteiger partial charge is 0.308 e. The van der Waals surface area contributed by atoms with E-state index in [0.717, 1.165) is 26.2 Å². The van der Waals surface area contributed by atoms with Gasteiger partial charge in [0.1, 0.15) is 0 Å². The molecule has 0 radical (unpaired) electrons. The Morgan fingerprint density at radius 2 is 0.923 bits per heavy atom. The minimum Gasteiger partial charge on any atom is -0.308 e. The summed E-state index contributed by atoms with van der Waals surface area (Å²) >= 11 is 0. The molecular formula is C9H23N3Pd. The van der Waals surface area contributed by atoms with Crippen LogP contribution in [0.1, 0.15) is 0 Å². The van der Waals surface area contributed by atoms with Crippen molar-refractivity contribution in [3.8, 4) is 0 Å². The topological polar surface area (TPSA) is 9.72 Å². The smallest absolute Gasteiger partial charge is 0.0107 e. The summed E-state index contributed by atoms with van der Waals surface area (Å²) in [7, 11) is 10.6. The van der Waals surface area contributed by atoms with Gasteiger partial charge >= 0.3 is 0 Å². The molecule has 4 heteroatoms. The molecule has 0 amide bonds. The third kappa shape index (κ3) is 12.5. The fourth-order valence-electron chi connectivity index (χ4n) is 0.853. The van der Waals surface area contributed by atoms with Gasteiger partial charge in [-0.05, 0) is 35.2 Å². The van der Waals surface area contributed by atoms with Crippen LogP contribution in [0.15, 0.2) is 0 Å². The van der Waals surface area contributed by atoms with Gasteiger partial charge in [-0.25, -0.2) is 0 Å². The fraction of sp³-hybridized carbons (Fsp3) is 1.00. The van der Waals surface area contributed by atoms with Crippen molar-refractivity contribution in [1.82, 2.24) is 14.7 Å². The molecule has 0 N–H and O–H groups in total. The number of hydrogen-bond donors (Lipinski definition) is 0. The molecule has 0 aromatic heterocycles. The van der Waals surface area contributed by atoms with Crippen molar-refractivity contribution in [2.75, 3.05) is 61.4 Å². The van der Waals surface area contributed by atoms with E-state index in [4.69, 9.17) is 0 Å². The Bertz CT molecular complexity index is 95.0. The summed E-state index contributed by atoms with van der Waals surface area (Å²) in [5.74, 6) is 0. The summed E-state index contributed by atoms with van der Waals surface area (Å²) in [5.41, 5.74) is 0. The van der Waals surface area contributed by atoms with Crippen LogP contribution in [0.3, 0.4) is 0 Å². The zero-order chi connectivity index (χ0) is 9.56. The zero-order valence-electron chi connectivity index (χ0n) is 9.49. The molecule has 0 unspecified atom stereocenters. The van der Waals surface area contributed by atoms with E-state index in [0.29, 0.717) is 0 Å². The van der Waals surface area contributed by atoms with E-state index < -0.39 is 0 Å². The van der Waals surface area contributed by atoms with Crippen LogP contribution in [0.5, 0.6) is 0 Å². The number of nitrogens with zero attached hydrogens (tertiary/aromatic N) is 3. The average Bonchev–Trinajstić information content (AvgIpc) is 1.96. The Morgan fingerprint density at radius 3 is 1.15 bits per heavy atom. The molecule has 3 nitrogen and oxygen atoms in total. The van der Waals surface area contributed by atoms with E-state index >= 15 is 0 Å². The van der Waals surface area contributed by atoms with Gasteiger partial charge in [0.15, 0.2) is 0 Å². The van der Waals surface area contributed by atoms with Crippen molar-refractivity contribution < 1.29 is 20.4 Å². The zero-order valence-corrected chi connectivity index (χ0v) is 11.0. The first-order valence-electron chi connectivity index (χ1n) is 4.50. The first kappa shape index (κ1) is 16.0. The second-order valence-electron chi connectivity index (χ2n) is 3.91. The van der Waals surface area contributed by atoms with Crippen LogP contribution in [-0.4, -0.2) is 76.1 Å². The molecule has 0 aromatic rings. The summed E-state index contributed by atoms with van der Waals surface area (Å²) in [5, 5.41) is 0. The van der Waals surface area contributed by atoms with Crippen LogP contribution in [0, 0.1) is 0 Å². The van der Waals surface area contributed by atoms with Crippen LogP contribution in [-0.2, 0) is 20.4 Å². The molecule has 0 aliphatic rings. The van der Waals surface area contributed by atoms with Gasteiger partial charge in [0.05, 0.1) is 0 Å². The predicted molar refractivity (Wildman–Crippen MR) is 54.6 cm³/mol. The molecular weight excluding hydrogens is 257 g/mol. The van der Waals surface area contributed by atoms with Gasteiger partial charge in [-0.1, -0.05) is 0 Å². The molecule has 0 spiro atoms. The normalized spacial score (nSPS) is 11.1. The fourth-order valence-corrected chi connectivity index (χ4v) is 0.853. The third-order valence-electron chi connectivity index (χ3n) is 1.86. The summed E-state index contributed by atoms with van der Waals surface area (Å²) in [6.07, 6.45) is 0. The Balaban J connectivity index is 0. The predicted octanol–water partition coefficient (Wildman–Crippen LogP) is 0.0389. The molecule has 0 aliphatic carbocycles. The van der Waals surface area contributed by atoms with Crippen LogP contribution in [0.2, 0.25) is 0 Å². The van der Waals surface area contributed by atoms with Gasteiger partial charge in [-0.3, -0.25) is 0 Å². The van der Waals surface area contributed by atoms with Crippen molar-refractivity contribution in [2.24, 2.45) is 0 Å². The average molecular weight is 280 g/mol. The van der Waals surface area contributed by atoms with Crippen molar-refractivity contribution in [1.29, 1.82) is 0 Å². The Kier molecular flexibility index (Phi) is 11.2. The van der Waals surface area contributed by atoms with Gasteiger partial charge in [0, 0.05) is 46.6 Å². The molecule has 0 aromatic carbocycles. The Labute approximate surface area is 96.7 Å². The maximum Gasteiger partial charge on any atom is 0.0107 e. The van der Waals surface area contributed by atoms with Crippen molar-refractivity contribution in [3.05, 3.63) is 0 Å². The summed E-state index contributed by atoms with van der Waals surface area (Å²) in [4.78, 5) is 6.79. The van der Waals surface area contributed by atoms with Gasteiger partial charge in [-0.2, -0.15) is 0 Å². The maximum absolute atomic E-state index is 2.36. The molecule has 0 atom stereocenters. The molecule has 0 saturated carbocycles. The summed E-state index contributed by atoms with van der Waals surface area (Å²) in [6, 6.07) is 0. The van der Waals surface area contributed by atoms with Crippen LogP contribution >= 0.6 is 0 Å². The Morgan fingerprint density at radius 1 is 0.615 bits per heavy atom. The second kappa shape index (κ2) is 9.11. The molecule has 0 aliphatic heterocycles. The minimum atomic E-state index is 0. The Hall–Kier alpha value is 0.542. The second-order valence-corrected chi connectivity index (χ2v) is 3.91. The summed E-state index contributed by atoms with van der Waals surface area (Å²) < 4.78 is 0.